The second-order valence-electron chi connectivity index (χ2n) is 7.05. The largest absolute Gasteiger partial charge is 0.463 e. The van der Waals surface area contributed by atoms with E-state index in [1.165, 1.54) is 5.56 Å². The molecule has 162 valence electrons. The molecule has 3 N–H and O–H groups in total. The van der Waals surface area contributed by atoms with Gasteiger partial charge in [0, 0.05) is 19.7 Å². The third kappa shape index (κ3) is 9.64. The van der Waals surface area contributed by atoms with Crippen molar-refractivity contribution < 1.29 is 14.3 Å². The number of aliphatic hydroxyl groups is 1. The molecule has 29 heavy (non-hydrogen) atoms. The van der Waals surface area contributed by atoms with Gasteiger partial charge >= 0.3 is 0 Å². The van der Waals surface area contributed by atoms with Crippen molar-refractivity contribution in [3.8, 4) is 0 Å². The van der Waals surface area contributed by atoms with E-state index in [0.29, 0.717) is 18.3 Å². The predicted octanol–water partition coefficient (Wildman–Crippen LogP) is 3.97. The molecule has 1 aromatic heterocycles. The van der Waals surface area contributed by atoms with Crippen LogP contribution in [0.3, 0.4) is 0 Å². The first-order valence-corrected chi connectivity index (χ1v) is 9.94. The van der Waals surface area contributed by atoms with Crippen LogP contribution in [0.4, 0.5) is 0 Å². The third-order valence-corrected chi connectivity index (χ3v) is 4.28. The number of ether oxygens (including phenoxy) is 1. The van der Waals surface area contributed by atoms with E-state index in [1.807, 2.05) is 38.1 Å². The van der Waals surface area contributed by atoms with Gasteiger partial charge in [-0.2, -0.15) is 0 Å². The Kier molecular flexibility index (Phi) is 11.9. The zero-order chi connectivity index (χ0) is 20.2. The van der Waals surface area contributed by atoms with E-state index in [-0.39, 0.29) is 30.5 Å². The summed E-state index contributed by atoms with van der Waals surface area (Å²) in [4.78, 5) is 4.50. The molecule has 0 fully saturated rings. The fraction of sp³-hybridized carbons (Fsp3) is 0.500. The first kappa shape index (κ1) is 25.5. The number of guanidine groups is 1. The lowest BCUT2D eigenvalue weighted by molar-refractivity contribution is 0.0428. The van der Waals surface area contributed by atoms with Gasteiger partial charge in [0.05, 0.1) is 13.2 Å². The lowest BCUT2D eigenvalue weighted by Crippen LogP contribution is -2.39. The normalized spacial score (nSPS) is 13.4. The Morgan fingerprint density at radius 2 is 1.90 bits per heavy atom. The van der Waals surface area contributed by atoms with E-state index in [0.717, 1.165) is 38.3 Å². The van der Waals surface area contributed by atoms with E-state index in [2.05, 4.69) is 27.8 Å². The number of unbranched alkanes of at least 4 members (excludes halogenated alkanes) is 1. The number of rotatable bonds is 11. The van der Waals surface area contributed by atoms with Crippen molar-refractivity contribution in [1.29, 1.82) is 0 Å². The van der Waals surface area contributed by atoms with Gasteiger partial charge in [-0.3, -0.25) is 0 Å². The molecule has 1 unspecified atom stereocenters. The van der Waals surface area contributed by atoms with Crippen LogP contribution in [0, 0.1) is 6.92 Å². The van der Waals surface area contributed by atoms with Crippen molar-refractivity contribution in [2.45, 2.75) is 45.8 Å². The molecule has 0 aliphatic carbocycles. The van der Waals surface area contributed by atoms with Crippen LogP contribution in [0.2, 0.25) is 0 Å². The van der Waals surface area contributed by atoms with Gasteiger partial charge in [0.15, 0.2) is 5.96 Å². The van der Waals surface area contributed by atoms with Gasteiger partial charge in [-0.05, 0) is 51.3 Å². The Hall–Kier alpha value is -1.58. The summed E-state index contributed by atoms with van der Waals surface area (Å²) in [5, 5.41) is 17.1. The molecule has 0 aliphatic rings. The Balaban J connectivity index is 0.00000420. The number of hydrogen-bond acceptors (Lipinski definition) is 4. The number of furan rings is 1. The number of benzene rings is 1. The van der Waals surface area contributed by atoms with Crippen LogP contribution in [0.15, 0.2) is 51.9 Å². The van der Waals surface area contributed by atoms with E-state index in [1.54, 1.807) is 13.0 Å². The highest BCUT2D eigenvalue weighted by atomic mass is 127. The van der Waals surface area contributed by atoms with Crippen LogP contribution in [0.5, 0.6) is 0 Å². The van der Waals surface area contributed by atoms with Gasteiger partial charge < -0.3 is 24.9 Å². The number of halogens is 1. The number of nitrogens with one attached hydrogen (secondary N) is 2. The summed E-state index contributed by atoms with van der Waals surface area (Å²) in [6.45, 7) is 8.74. The number of aliphatic imine (C=N–C) groups is 1. The van der Waals surface area contributed by atoms with Gasteiger partial charge in [0.2, 0.25) is 0 Å². The minimum atomic E-state index is -1.14. The molecule has 0 amide bonds. The molecule has 7 heteroatoms. The van der Waals surface area contributed by atoms with Crippen molar-refractivity contribution in [3.05, 3.63) is 59.5 Å². The van der Waals surface area contributed by atoms with Crippen molar-refractivity contribution in [1.82, 2.24) is 10.6 Å². The highest BCUT2D eigenvalue weighted by Gasteiger charge is 2.26. The highest BCUT2D eigenvalue weighted by molar-refractivity contribution is 14.0. The molecule has 0 saturated heterocycles. The zero-order valence-corrected chi connectivity index (χ0v) is 19.9. The van der Waals surface area contributed by atoms with Gasteiger partial charge in [0.25, 0.3) is 0 Å². The summed E-state index contributed by atoms with van der Waals surface area (Å²) >= 11 is 0. The van der Waals surface area contributed by atoms with Gasteiger partial charge in [-0.25, -0.2) is 4.99 Å². The molecule has 0 aliphatic heterocycles. The average Bonchev–Trinajstić information content (AvgIpc) is 3.13. The second kappa shape index (κ2) is 13.6. The molecule has 6 nitrogen and oxygen atoms in total. The summed E-state index contributed by atoms with van der Waals surface area (Å²) in [6, 6.07) is 13.8. The van der Waals surface area contributed by atoms with Crippen LogP contribution in [0.1, 0.15) is 43.8 Å². The Morgan fingerprint density at radius 3 is 2.55 bits per heavy atom. The Bertz CT molecular complexity index is 717. The van der Waals surface area contributed by atoms with Crippen LogP contribution in [-0.2, 0) is 16.9 Å². The molecule has 2 aromatic rings. The maximum absolute atomic E-state index is 10.6. The van der Waals surface area contributed by atoms with E-state index < -0.39 is 5.60 Å². The second-order valence-corrected chi connectivity index (χ2v) is 7.05. The molecule has 2 rings (SSSR count). The molecule has 1 aromatic carbocycles. The van der Waals surface area contributed by atoms with Crippen LogP contribution in [-0.4, -0.2) is 37.3 Å². The Morgan fingerprint density at radius 1 is 1.14 bits per heavy atom. The van der Waals surface area contributed by atoms with Crippen LogP contribution < -0.4 is 10.6 Å². The van der Waals surface area contributed by atoms with E-state index >= 15 is 0 Å². The fourth-order valence-electron chi connectivity index (χ4n) is 2.68. The molecule has 0 saturated carbocycles. The van der Waals surface area contributed by atoms with E-state index in [4.69, 9.17) is 9.15 Å². The predicted molar refractivity (Wildman–Crippen MR) is 128 cm³/mol. The fourth-order valence-corrected chi connectivity index (χ4v) is 2.68. The number of nitrogens with zero attached hydrogens (tertiary/aromatic N) is 1. The molecule has 0 bridgehead atoms. The first-order valence-electron chi connectivity index (χ1n) is 9.94. The minimum Gasteiger partial charge on any atom is -0.463 e. The minimum absolute atomic E-state index is 0. The third-order valence-electron chi connectivity index (χ3n) is 4.28. The lowest BCUT2D eigenvalue weighted by Gasteiger charge is -2.19. The van der Waals surface area contributed by atoms with Crippen LogP contribution in [0.25, 0.3) is 0 Å². The van der Waals surface area contributed by atoms with E-state index in [9.17, 15) is 5.11 Å². The average molecular weight is 515 g/mol. The molecule has 1 atom stereocenters. The highest BCUT2D eigenvalue weighted by Crippen LogP contribution is 2.23. The maximum Gasteiger partial charge on any atom is 0.191 e. The monoisotopic (exact) mass is 515 g/mol. The lowest BCUT2D eigenvalue weighted by atomic mass is 10.0. The molecular weight excluding hydrogens is 481 g/mol. The number of hydrogen-bond donors (Lipinski definition) is 3. The van der Waals surface area contributed by atoms with Gasteiger partial charge in [-0.1, -0.05) is 30.3 Å². The SMILES string of the molecule is CCNC(=NCC(C)(O)c1ccc(C)o1)NCCCCOCc1ccccc1.I. The maximum atomic E-state index is 10.6. The van der Waals surface area contributed by atoms with Gasteiger partial charge in [0.1, 0.15) is 17.1 Å². The summed E-state index contributed by atoms with van der Waals surface area (Å²) in [5.74, 6) is 2.00. The summed E-state index contributed by atoms with van der Waals surface area (Å²) < 4.78 is 11.2. The summed E-state index contributed by atoms with van der Waals surface area (Å²) in [5.41, 5.74) is 0.0584. The zero-order valence-electron chi connectivity index (χ0n) is 17.6. The summed E-state index contributed by atoms with van der Waals surface area (Å²) in [6.07, 6.45) is 1.95. The topological polar surface area (TPSA) is 79.0 Å². The van der Waals surface area contributed by atoms with Crippen LogP contribution >= 0.6 is 24.0 Å². The van der Waals surface area contributed by atoms with Crippen molar-refractivity contribution >= 4 is 29.9 Å². The molecule has 1 heterocycles. The molecule has 0 radical (unpaired) electrons. The Labute approximate surface area is 191 Å². The summed E-state index contributed by atoms with van der Waals surface area (Å²) in [7, 11) is 0. The van der Waals surface area contributed by atoms with Gasteiger partial charge in [-0.15, -0.1) is 24.0 Å². The number of aryl methyl sites for hydroxylation is 1. The first-order chi connectivity index (χ1) is 13.5. The molecule has 0 spiro atoms. The smallest absolute Gasteiger partial charge is 0.191 e. The standard InChI is InChI=1S/C22H33N3O3.HI/c1-4-23-21(25-17-22(3,26)20-13-12-18(2)28-20)24-14-8-9-15-27-16-19-10-6-5-7-11-19;/h5-7,10-13,26H,4,8-9,14-17H2,1-3H3,(H2,23,24,25);1H. The quantitative estimate of drug-likeness (QED) is 0.183. The van der Waals surface area contributed by atoms with Crippen molar-refractivity contribution in [2.75, 3.05) is 26.2 Å². The molecular formula is C22H34IN3O3. The van der Waals surface area contributed by atoms with Crippen molar-refractivity contribution in [3.63, 3.8) is 0 Å². The van der Waals surface area contributed by atoms with Crippen molar-refractivity contribution in [2.24, 2.45) is 4.99 Å².